The number of anilines is 1. The van der Waals surface area contributed by atoms with Crippen LogP contribution in [0.4, 0.5) is 10.1 Å². The van der Waals surface area contributed by atoms with Crippen LogP contribution in [0.3, 0.4) is 0 Å². The van der Waals surface area contributed by atoms with E-state index in [2.05, 4.69) is 5.32 Å². The molecule has 1 aromatic carbocycles. The van der Waals surface area contributed by atoms with E-state index >= 15 is 0 Å². The van der Waals surface area contributed by atoms with Gasteiger partial charge in [0.2, 0.25) is 0 Å². The Labute approximate surface area is 112 Å². The Morgan fingerprint density at radius 3 is 2.68 bits per heavy atom. The maximum absolute atomic E-state index is 13.6. The van der Waals surface area contributed by atoms with Crippen molar-refractivity contribution in [2.24, 2.45) is 0 Å². The Balaban J connectivity index is 2.81. The quantitative estimate of drug-likeness (QED) is 0.833. The first-order chi connectivity index (χ1) is 8.75. The third kappa shape index (κ3) is 4.52. The van der Waals surface area contributed by atoms with Crippen LogP contribution in [0, 0.1) is 5.82 Å². The summed E-state index contributed by atoms with van der Waals surface area (Å²) in [5.41, 5.74) is -0.0748. The Hall–Kier alpha value is -1.62. The number of rotatable bonds is 6. The van der Waals surface area contributed by atoms with E-state index in [9.17, 15) is 9.18 Å². The first-order valence-electron chi connectivity index (χ1n) is 6.09. The first kappa shape index (κ1) is 15.4. The lowest BCUT2D eigenvalue weighted by atomic mass is 9.99. The highest BCUT2D eigenvalue weighted by Crippen LogP contribution is 2.21. The summed E-state index contributed by atoms with van der Waals surface area (Å²) in [5.74, 6) is -1.54. The maximum Gasteiger partial charge on any atom is 0.335 e. The highest BCUT2D eigenvalue weighted by Gasteiger charge is 2.21. The van der Waals surface area contributed by atoms with Gasteiger partial charge in [-0.05, 0) is 45.4 Å². The number of carboxylic acid groups (broad SMARTS) is 1. The van der Waals surface area contributed by atoms with Gasteiger partial charge in [0.05, 0.1) is 16.9 Å². The largest absolute Gasteiger partial charge is 0.478 e. The van der Waals surface area contributed by atoms with Crippen molar-refractivity contribution in [1.29, 1.82) is 0 Å². The van der Waals surface area contributed by atoms with Crippen molar-refractivity contribution in [1.82, 2.24) is 0 Å². The number of aromatic carboxylic acids is 1. The van der Waals surface area contributed by atoms with Crippen LogP contribution >= 0.6 is 0 Å². The fourth-order valence-corrected chi connectivity index (χ4v) is 1.91. The fraction of sp³-hybridized carbons (Fsp3) is 0.500. The molecule has 0 saturated carbocycles. The number of halogens is 1. The van der Waals surface area contributed by atoms with E-state index in [1.807, 2.05) is 20.8 Å². The zero-order valence-electron chi connectivity index (χ0n) is 11.7. The predicted molar refractivity (Wildman–Crippen MR) is 72.1 cm³/mol. The van der Waals surface area contributed by atoms with Crippen molar-refractivity contribution in [3.05, 3.63) is 29.6 Å². The summed E-state index contributed by atoms with van der Waals surface area (Å²) in [6.07, 6.45) is 0.667. The molecule has 19 heavy (non-hydrogen) atoms. The lowest BCUT2D eigenvalue weighted by Gasteiger charge is -2.27. The molecule has 0 aromatic heterocycles. The van der Waals surface area contributed by atoms with Crippen molar-refractivity contribution >= 4 is 11.7 Å². The van der Waals surface area contributed by atoms with Gasteiger partial charge in [0.25, 0.3) is 0 Å². The molecular formula is C14H20FNO3. The zero-order valence-corrected chi connectivity index (χ0v) is 11.7. The molecule has 4 nitrogen and oxygen atoms in total. The van der Waals surface area contributed by atoms with Gasteiger partial charge in [-0.1, -0.05) is 0 Å². The molecule has 0 saturated heterocycles. The van der Waals surface area contributed by atoms with Gasteiger partial charge in [-0.15, -0.1) is 0 Å². The number of ether oxygens (including phenoxy) is 1. The van der Waals surface area contributed by atoms with E-state index in [4.69, 9.17) is 9.84 Å². The van der Waals surface area contributed by atoms with Gasteiger partial charge in [-0.2, -0.15) is 0 Å². The number of nitrogens with one attached hydrogen (secondary N) is 1. The predicted octanol–water partition coefficient (Wildman–Crippen LogP) is 3.14. The number of carbonyl (C=O) groups is 1. The second-order valence-corrected chi connectivity index (χ2v) is 5.21. The maximum atomic E-state index is 13.6. The number of hydrogen-bond donors (Lipinski definition) is 2. The van der Waals surface area contributed by atoms with Crippen LogP contribution in [-0.2, 0) is 4.74 Å². The zero-order chi connectivity index (χ0) is 14.6. The van der Waals surface area contributed by atoms with Gasteiger partial charge < -0.3 is 15.2 Å². The monoisotopic (exact) mass is 269 g/mol. The van der Waals surface area contributed by atoms with Crippen LogP contribution in [0.2, 0.25) is 0 Å². The summed E-state index contributed by atoms with van der Waals surface area (Å²) < 4.78 is 18.9. The molecule has 1 aromatic rings. The molecule has 0 heterocycles. The topological polar surface area (TPSA) is 58.6 Å². The van der Waals surface area contributed by atoms with Gasteiger partial charge in [-0.3, -0.25) is 0 Å². The van der Waals surface area contributed by atoms with E-state index in [1.54, 1.807) is 7.11 Å². The second kappa shape index (κ2) is 6.02. The van der Waals surface area contributed by atoms with E-state index in [0.717, 1.165) is 6.07 Å². The minimum atomic E-state index is -1.08. The third-order valence-electron chi connectivity index (χ3n) is 2.97. The molecule has 0 aliphatic rings. The molecule has 0 aliphatic carbocycles. The van der Waals surface area contributed by atoms with Crippen molar-refractivity contribution in [2.45, 2.75) is 38.8 Å². The van der Waals surface area contributed by atoms with Gasteiger partial charge in [0, 0.05) is 13.2 Å². The van der Waals surface area contributed by atoms with E-state index in [1.165, 1.54) is 12.1 Å². The van der Waals surface area contributed by atoms with Crippen molar-refractivity contribution in [3.63, 3.8) is 0 Å². The van der Waals surface area contributed by atoms with Gasteiger partial charge in [0.15, 0.2) is 0 Å². The average molecular weight is 269 g/mol. The molecule has 0 aliphatic heterocycles. The summed E-state index contributed by atoms with van der Waals surface area (Å²) in [4.78, 5) is 10.9. The van der Waals surface area contributed by atoms with Crippen LogP contribution < -0.4 is 5.32 Å². The molecule has 1 rings (SSSR count). The highest BCUT2D eigenvalue weighted by molar-refractivity contribution is 5.88. The minimum Gasteiger partial charge on any atom is -0.478 e. The molecule has 5 heteroatoms. The molecule has 0 spiro atoms. The third-order valence-corrected chi connectivity index (χ3v) is 2.97. The lowest BCUT2D eigenvalue weighted by Crippen LogP contribution is -2.31. The van der Waals surface area contributed by atoms with Crippen molar-refractivity contribution in [2.75, 3.05) is 12.4 Å². The molecule has 2 N–H and O–H groups in total. The van der Waals surface area contributed by atoms with Crippen LogP contribution in [0.1, 0.15) is 37.6 Å². The Morgan fingerprint density at radius 1 is 1.53 bits per heavy atom. The standard InChI is InChI=1S/C14H20FNO3/c1-9(8-14(2,3)19-4)16-12-7-10(13(17)18)5-6-11(12)15/h5-7,9,16H,8H2,1-4H3,(H,17,18). The molecule has 106 valence electrons. The van der Waals surface area contributed by atoms with Crippen LogP contribution in [0.15, 0.2) is 18.2 Å². The first-order valence-corrected chi connectivity index (χ1v) is 6.09. The Bertz CT molecular complexity index is 460. The molecule has 0 radical (unpaired) electrons. The van der Waals surface area contributed by atoms with Crippen LogP contribution in [0.25, 0.3) is 0 Å². The molecule has 1 atom stereocenters. The summed E-state index contributed by atoms with van der Waals surface area (Å²) in [6, 6.07) is 3.65. The normalized spacial score (nSPS) is 13.1. The summed E-state index contributed by atoms with van der Waals surface area (Å²) in [6.45, 7) is 5.78. The van der Waals surface area contributed by atoms with E-state index < -0.39 is 11.8 Å². The fourth-order valence-electron chi connectivity index (χ4n) is 1.91. The van der Waals surface area contributed by atoms with Gasteiger partial charge in [0.1, 0.15) is 5.82 Å². The number of benzene rings is 1. The van der Waals surface area contributed by atoms with Gasteiger partial charge >= 0.3 is 5.97 Å². The second-order valence-electron chi connectivity index (χ2n) is 5.21. The molecule has 1 unspecified atom stereocenters. The Kier molecular flexibility index (Phi) is 4.89. The summed E-state index contributed by atoms with van der Waals surface area (Å²) >= 11 is 0. The number of hydrogen-bond acceptors (Lipinski definition) is 3. The summed E-state index contributed by atoms with van der Waals surface area (Å²) in [7, 11) is 1.62. The van der Waals surface area contributed by atoms with Gasteiger partial charge in [-0.25, -0.2) is 9.18 Å². The smallest absolute Gasteiger partial charge is 0.335 e. The molecule has 0 amide bonds. The Morgan fingerprint density at radius 2 is 2.16 bits per heavy atom. The van der Waals surface area contributed by atoms with Crippen molar-refractivity contribution < 1.29 is 19.0 Å². The van der Waals surface area contributed by atoms with E-state index in [0.29, 0.717) is 6.42 Å². The van der Waals surface area contributed by atoms with E-state index in [-0.39, 0.29) is 22.9 Å². The highest BCUT2D eigenvalue weighted by atomic mass is 19.1. The van der Waals surface area contributed by atoms with Crippen molar-refractivity contribution in [3.8, 4) is 0 Å². The number of methoxy groups -OCH3 is 1. The SMILES string of the molecule is COC(C)(C)CC(C)Nc1cc(C(=O)O)ccc1F. The average Bonchev–Trinajstić information content (AvgIpc) is 2.31. The minimum absolute atomic E-state index is 0.0477. The summed E-state index contributed by atoms with van der Waals surface area (Å²) in [5, 5.41) is 11.9. The lowest BCUT2D eigenvalue weighted by molar-refractivity contribution is 0.0127. The van der Waals surface area contributed by atoms with Crippen LogP contribution in [-0.4, -0.2) is 29.8 Å². The molecule has 0 bridgehead atoms. The van der Waals surface area contributed by atoms with Crippen LogP contribution in [0.5, 0.6) is 0 Å². The number of carboxylic acids is 1. The molecule has 0 fully saturated rings. The molecular weight excluding hydrogens is 249 g/mol.